The van der Waals surface area contributed by atoms with Crippen LogP contribution in [0.2, 0.25) is 5.02 Å². The average Bonchev–Trinajstić information content (AvgIpc) is 3.29. The van der Waals surface area contributed by atoms with Crippen LogP contribution in [-0.4, -0.2) is 45.0 Å². The number of ether oxygens (including phenoxy) is 4. The smallest absolute Gasteiger partial charge is 0.273 e. The third-order valence-electron chi connectivity index (χ3n) is 4.77. The highest BCUT2D eigenvalue weighted by Gasteiger charge is 2.18. The van der Waals surface area contributed by atoms with Gasteiger partial charge in [0, 0.05) is 12.6 Å². The van der Waals surface area contributed by atoms with E-state index in [4.69, 9.17) is 35.1 Å². The molecule has 9 heteroatoms. The highest BCUT2D eigenvalue weighted by molar-refractivity contribution is 6.32. The van der Waals surface area contributed by atoms with Crippen molar-refractivity contribution in [1.82, 2.24) is 10.5 Å². The van der Waals surface area contributed by atoms with Crippen LogP contribution < -0.4 is 24.3 Å². The number of aromatic nitrogens is 1. The topological polar surface area (TPSA) is 92.1 Å². The van der Waals surface area contributed by atoms with Gasteiger partial charge in [0.25, 0.3) is 5.91 Å². The van der Waals surface area contributed by atoms with E-state index in [1.807, 2.05) is 12.1 Å². The normalized spacial score (nSPS) is 12.4. The number of amides is 1. The van der Waals surface area contributed by atoms with Gasteiger partial charge in [-0.15, -0.1) is 0 Å². The van der Waals surface area contributed by atoms with Crippen LogP contribution in [0, 0.1) is 0 Å². The van der Waals surface area contributed by atoms with Crippen molar-refractivity contribution in [3.63, 3.8) is 0 Å². The summed E-state index contributed by atoms with van der Waals surface area (Å²) in [5.74, 6) is 2.45. The van der Waals surface area contributed by atoms with Crippen LogP contribution in [0.15, 0.2) is 40.9 Å². The molecule has 8 nitrogen and oxygen atoms in total. The number of nitrogens with zero attached hydrogens (tertiary/aromatic N) is 1. The Bertz CT molecular complexity index is 1100. The van der Waals surface area contributed by atoms with E-state index in [0.29, 0.717) is 65.5 Å². The molecule has 4 rings (SSSR count). The molecule has 2 aromatic carbocycles. The molecule has 1 aliphatic rings. The van der Waals surface area contributed by atoms with Crippen molar-refractivity contribution in [1.29, 1.82) is 0 Å². The largest absolute Gasteiger partial charge is 0.497 e. The molecule has 0 fully saturated rings. The van der Waals surface area contributed by atoms with E-state index >= 15 is 0 Å². The van der Waals surface area contributed by atoms with Crippen molar-refractivity contribution >= 4 is 17.5 Å². The van der Waals surface area contributed by atoms with Crippen LogP contribution in [-0.2, 0) is 6.42 Å². The van der Waals surface area contributed by atoms with Gasteiger partial charge in [-0.3, -0.25) is 4.79 Å². The van der Waals surface area contributed by atoms with E-state index < -0.39 is 0 Å². The van der Waals surface area contributed by atoms with Crippen molar-refractivity contribution in [2.75, 3.05) is 34.0 Å². The van der Waals surface area contributed by atoms with Crippen LogP contribution in [0.1, 0.15) is 16.1 Å². The number of halogens is 1. The molecular weight excluding hydrogens is 424 g/mol. The molecule has 0 aliphatic carbocycles. The lowest BCUT2D eigenvalue weighted by atomic mass is 10.1. The first-order valence-corrected chi connectivity index (χ1v) is 10.0. The summed E-state index contributed by atoms with van der Waals surface area (Å²) >= 11 is 6.26. The number of nitrogens with one attached hydrogen (secondary N) is 1. The molecule has 1 aromatic heterocycles. The van der Waals surface area contributed by atoms with Crippen molar-refractivity contribution in [3.05, 3.63) is 52.7 Å². The first-order chi connectivity index (χ1) is 15.1. The predicted molar refractivity (Wildman–Crippen MR) is 114 cm³/mol. The molecule has 1 N–H and O–H groups in total. The van der Waals surface area contributed by atoms with Gasteiger partial charge in [-0.05, 0) is 42.3 Å². The van der Waals surface area contributed by atoms with Crippen LogP contribution >= 0.6 is 11.6 Å². The van der Waals surface area contributed by atoms with Gasteiger partial charge in [0.15, 0.2) is 23.0 Å². The Hall–Kier alpha value is -3.39. The van der Waals surface area contributed by atoms with Crippen molar-refractivity contribution in [3.8, 4) is 34.3 Å². The molecule has 2 heterocycles. The van der Waals surface area contributed by atoms with E-state index in [2.05, 4.69) is 10.5 Å². The van der Waals surface area contributed by atoms with Gasteiger partial charge >= 0.3 is 0 Å². The summed E-state index contributed by atoms with van der Waals surface area (Å²) in [6, 6.07) is 10.5. The van der Waals surface area contributed by atoms with E-state index in [-0.39, 0.29) is 11.6 Å². The number of carbonyl (C=O) groups is 1. The highest BCUT2D eigenvalue weighted by atomic mass is 35.5. The predicted octanol–water partition coefficient (Wildman–Crippen LogP) is 3.76. The number of hydrogen-bond donors (Lipinski definition) is 1. The van der Waals surface area contributed by atoms with Gasteiger partial charge < -0.3 is 28.8 Å². The molecule has 1 aliphatic heterocycles. The van der Waals surface area contributed by atoms with Gasteiger partial charge in [0.2, 0.25) is 0 Å². The number of methoxy groups -OCH3 is 2. The Morgan fingerprint density at radius 3 is 2.77 bits per heavy atom. The van der Waals surface area contributed by atoms with Crippen LogP contribution in [0.4, 0.5) is 0 Å². The van der Waals surface area contributed by atoms with Crippen LogP contribution in [0.25, 0.3) is 11.3 Å². The second kappa shape index (κ2) is 9.18. The minimum atomic E-state index is -0.347. The van der Waals surface area contributed by atoms with Gasteiger partial charge in [-0.1, -0.05) is 16.8 Å². The fraction of sp³-hybridized carbons (Fsp3) is 0.273. The highest BCUT2D eigenvalue weighted by Crippen LogP contribution is 2.38. The van der Waals surface area contributed by atoms with Gasteiger partial charge in [-0.25, -0.2) is 0 Å². The maximum Gasteiger partial charge on any atom is 0.273 e. The first kappa shape index (κ1) is 20.9. The van der Waals surface area contributed by atoms with E-state index in [1.54, 1.807) is 38.5 Å². The molecule has 0 saturated carbocycles. The SMILES string of the molecule is COc1ccc(OC)c(-c2cc(C(=O)NCCc3cc(Cl)c4c(c3)OCCO4)no2)c1. The minimum Gasteiger partial charge on any atom is -0.497 e. The van der Waals surface area contributed by atoms with Crippen molar-refractivity contribution in [2.45, 2.75) is 6.42 Å². The van der Waals surface area contributed by atoms with E-state index in [9.17, 15) is 4.79 Å². The summed E-state index contributed by atoms with van der Waals surface area (Å²) in [6.07, 6.45) is 0.566. The zero-order valence-corrected chi connectivity index (χ0v) is 17.8. The monoisotopic (exact) mass is 444 g/mol. The number of benzene rings is 2. The minimum absolute atomic E-state index is 0.167. The lowest BCUT2D eigenvalue weighted by Gasteiger charge is -2.20. The first-order valence-electron chi connectivity index (χ1n) is 9.64. The Balaban J connectivity index is 1.41. The van der Waals surface area contributed by atoms with Gasteiger partial charge in [-0.2, -0.15) is 0 Å². The second-order valence-electron chi connectivity index (χ2n) is 6.75. The fourth-order valence-corrected chi connectivity index (χ4v) is 3.52. The Morgan fingerprint density at radius 2 is 1.97 bits per heavy atom. The van der Waals surface area contributed by atoms with Gasteiger partial charge in [0.05, 0.1) is 24.8 Å². The Labute approximate surface area is 184 Å². The van der Waals surface area contributed by atoms with Crippen LogP contribution in [0.5, 0.6) is 23.0 Å². The molecule has 3 aromatic rings. The lowest BCUT2D eigenvalue weighted by Crippen LogP contribution is -2.26. The molecule has 0 radical (unpaired) electrons. The molecule has 0 atom stereocenters. The zero-order valence-electron chi connectivity index (χ0n) is 17.1. The molecular formula is C22H21ClN2O6. The maximum absolute atomic E-state index is 12.5. The van der Waals surface area contributed by atoms with Crippen LogP contribution in [0.3, 0.4) is 0 Å². The van der Waals surface area contributed by atoms with E-state index in [1.165, 1.54) is 0 Å². The molecule has 31 heavy (non-hydrogen) atoms. The number of rotatable bonds is 7. The maximum atomic E-state index is 12.5. The third-order valence-corrected chi connectivity index (χ3v) is 5.05. The third kappa shape index (κ3) is 4.54. The summed E-state index contributed by atoms with van der Waals surface area (Å²) in [6.45, 7) is 1.35. The molecule has 162 valence electrons. The van der Waals surface area contributed by atoms with Crippen molar-refractivity contribution in [2.24, 2.45) is 0 Å². The standard InChI is InChI=1S/C22H21ClN2O6/c1-27-14-3-4-18(28-2)15(11-14)19-12-17(25-31-19)22(26)24-6-5-13-9-16(23)21-20(10-13)29-7-8-30-21/h3-4,9-12H,5-8H2,1-2H3,(H,24,26). The summed E-state index contributed by atoms with van der Waals surface area (Å²) in [5.41, 5.74) is 1.73. The van der Waals surface area contributed by atoms with Gasteiger partial charge in [0.1, 0.15) is 24.7 Å². The van der Waals surface area contributed by atoms with Crippen molar-refractivity contribution < 1.29 is 28.3 Å². The average molecular weight is 445 g/mol. The zero-order chi connectivity index (χ0) is 21.8. The molecule has 0 unspecified atom stereocenters. The summed E-state index contributed by atoms with van der Waals surface area (Å²) in [4.78, 5) is 12.5. The number of carbonyl (C=O) groups excluding carboxylic acids is 1. The van der Waals surface area contributed by atoms with E-state index in [0.717, 1.165) is 5.56 Å². The summed E-state index contributed by atoms with van der Waals surface area (Å²) in [5, 5.41) is 7.20. The fourth-order valence-electron chi connectivity index (χ4n) is 3.24. The second-order valence-corrected chi connectivity index (χ2v) is 7.16. The Kier molecular flexibility index (Phi) is 6.18. The molecule has 0 spiro atoms. The summed E-state index contributed by atoms with van der Waals surface area (Å²) < 4.78 is 27.1. The molecule has 0 saturated heterocycles. The number of fused-ring (bicyclic) bond motifs is 1. The molecule has 0 bridgehead atoms. The Morgan fingerprint density at radius 1 is 1.13 bits per heavy atom. The summed E-state index contributed by atoms with van der Waals surface area (Å²) in [7, 11) is 3.12. The quantitative estimate of drug-likeness (QED) is 0.593. The molecule has 1 amide bonds. The lowest BCUT2D eigenvalue weighted by molar-refractivity contribution is 0.0945. The number of hydrogen-bond acceptors (Lipinski definition) is 7.